The van der Waals surface area contributed by atoms with E-state index in [9.17, 15) is 0 Å². The molecule has 0 saturated carbocycles. The van der Waals surface area contributed by atoms with Crippen molar-refractivity contribution >= 4 is 17.0 Å². The molecule has 0 unspecified atom stereocenters. The van der Waals surface area contributed by atoms with Crippen molar-refractivity contribution in [1.82, 2.24) is 0 Å². The Morgan fingerprint density at radius 1 is 1.19 bits per heavy atom. The predicted octanol–water partition coefficient (Wildman–Crippen LogP) is 2.88. The number of nitrogens with zero attached hydrogens (tertiary/aromatic N) is 1. The maximum atomic E-state index is 8.96. The second-order valence-electron chi connectivity index (χ2n) is 3.76. The summed E-state index contributed by atoms with van der Waals surface area (Å²) in [7, 11) is 2.08. The smallest absolute Gasteiger partial charge is 0.0681 e. The van der Waals surface area contributed by atoms with Crippen molar-refractivity contribution in [1.29, 1.82) is 0 Å². The van der Waals surface area contributed by atoms with Gasteiger partial charge in [0.2, 0.25) is 0 Å². The molecule has 0 bridgehead atoms. The molecule has 0 saturated heterocycles. The molecule has 0 spiro atoms. The zero-order chi connectivity index (χ0) is 11.4. The molecule has 1 heterocycles. The molecule has 0 aliphatic rings. The van der Waals surface area contributed by atoms with Gasteiger partial charge in [-0.1, -0.05) is 18.2 Å². The number of anilines is 1. The number of aliphatic hydroxyl groups is 1. The van der Waals surface area contributed by atoms with Gasteiger partial charge < -0.3 is 10.0 Å². The number of hydrogen-bond acceptors (Lipinski definition) is 3. The lowest BCUT2D eigenvalue weighted by atomic mass is 10.2. The van der Waals surface area contributed by atoms with Gasteiger partial charge in [0.15, 0.2) is 0 Å². The van der Waals surface area contributed by atoms with Gasteiger partial charge in [0, 0.05) is 17.6 Å². The van der Waals surface area contributed by atoms with E-state index in [4.69, 9.17) is 5.11 Å². The standard InChI is InChI=1S/C13H15NOS/c1-14(9-13-3-2-8-16-13)12-6-4-11(10-15)5-7-12/h2-8,15H,9-10H2,1H3. The lowest BCUT2D eigenvalue weighted by Crippen LogP contribution is -2.15. The monoisotopic (exact) mass is 233 g/mol. The normalized spacial score (nSPS) is 10.4. The molecule has 0 atom stereocenters. The Hall–Kier alpha value is -1.32. The molecular formula is C13H15NOS. The van der Waals surface area contributed by atoms with Gasteiger partial charge in [-0.3, -0.25) is 0 Å². The molecule has 3 heteroatoms. The van der Waals surface area contributed by atoms with Crippen LogP contribution in [-0.2, 0) is 13.2 Å². The minimum Gasteiger partial charge on any atom is -0.392 e. The molecular weight excluding hydrogens is 218 g/mol. The number of thiophene rings is 1. The molecule has 0 aliphatic heterocycles. The van der Waals surface area contributed by atoms with Gasteiger partial charge in [-0.2, -0.15) is 0 Å². The first-order chi connectivity index (χ1) is 7.79. The van der Waals surface area contributed by atoms with Crippen molar-refractivity contribution in [2.75, 3.05) is 11.9 Å². The Morgan fingerprint density at radius 2 is 1.94 bits per heavy atom. The summed E-state index contributed by atoms with van der Waals surface area (Å²) in [6.45, 7) is 1.03. The van der Waals surface area contributed by atoms with Crippen LogP contribution in [0.5, 0.6) is 0 Å². The Bertz CT molecular complexity index is 422. The van der Waals surface area contributed by atoms with Crippen LogP contribution in [-0.4, -0.2) is 12.2 Å². The van der Waals surface area contributed by atoms with Crippen LogP contribution in [0.15, 0.2) is 41.8 Å². The van der Waals surface area contributed by atoms with Crippen LogP contribution in [0.2, 0.25) is 0 Å². The van der Waals surface area contributed by atoms with Crippen LogP contribution in [0.3, 0.4) is 0 Å². The van der Waals surface area contributed by atoms with Crippen LogP contribution in [0.1, 0.15) is 10.4 Å². The van der Waals surface area contributed by atoms with Crippen molar-refractivity contribution in [3.8, 4) is 0 Å². The van der Waals surface area contributed by atoms with Gasteiger partial charge in [0.1, 0.15) is 0 Å². The maximum absolute atomic E-state index is 8.96. The van der Waals surface area contributed by atoms with Crippen LogP contribution < -0.4 is 4.90 Å². The van der Waals surface area contributed by atoms with E-state index in [1.54, 1.807) is 11.3 Å². The lowest BCUT2D eigenvalue weighted by molar-refractivity contribution is 0.282. The molecule has 0 radical (unpaired) electrons. The van der Waals surface area contributed by atoms with Crippen LogP contribution >= 0.6 is 11.3 Å². The fourth-order valence-electron chi connectivity index (χ4n) is 1.58. The third-order valence-electron chi connectivity index (χ3n) is 2.53. The lowest BCUT2D eigenvalue weighted by Gasteiger charge is -2.18. The van der Waals surface area contributed by atoms with Gasteiger partial charge in [0.25, 0.3) is 0 Å². The van der Waals surface area contributed by atoms with E-state index in [1.165, 1.54) is 10.6 Å². The van der Waals surface area contributed by atoms with E-state index < -0.39 is 0 Å². The summed E-state index contributed by atoms with van der Waals surface area (Å²) in [6.07, 6.45) is 0. The van der Waals surface area contributed by atoms with Crippen LogP contribution in [0, 0.1) is 0 Å². The summed E-state index contributed by atoms with van der Waals surface area (Å²) in [6, 6.07) is 12.2. The summed E-state index contributed by atoms with van der Waals surface area (Å²) in [5.74, 6) is 0. The molecule has 1 aromatic carbocycles. The van der Waals surface area contributed by atoms with E-state index in [1.807, 2.05) is 24.3 Å². The number of rotatable bonds is 4. The average molecular weight is 233 g/mol. The van der Waals surface area contributed by atoms with Crippen molar-refractivity contribution in [3.05, 3.63) is 52.2 Å². The van der Waals surface area contributed by atoms with Gasteiger partial charge in [-0.25, -0.2) is 0 Å². The van der Waals surface area contributed by atoms with Crippen molar-refractivity contribution < 1.29 is 5.11 Å². The zero-order valence-corrected chi connectivity index (χ0v) is 10.1. The molecule has 1 aromatic heterocycles. The highest BCUT2D eigenvalue weighted by Crippen LogP contribution is 2.18. The summed E-state index contributed by atoms with van der Waals surface area (Å²) < 4.78 is 0. The molecule has 2 nitrogen and oxygen atoms in total. The molecule has 2 rings (SSSR count). The first-order valence-corrected chi connectivity index (χ1v) is 6.11. The fraction of sp³-hybridized carbons (Fsp3) is 0.231. The van der Waals surface area contributed by atoms with Gasteiger partial charge in [0.05, 0.1) is 13.2 Å². The number of benzene rings is 1. The highest BCUT2D eigenvalue weighted by molar-refractivity contribution is 7.09. The van der Waals surface area contributed by atoms with E-state index in [0.29, 0.717) is 0 Å². The first kappa shape index (κ1) is 11.2. The Balaban J connectivity index is 2.05. The summed E-state index contributed by atoms with van der Waals surface area (Å²) in [5.41, 5.74) is 2.12. The van der Waals surface area contributed by atoms with Gasteiger partial charge in [-0.05, 0) is 29.1 Å². The Kier molecular flexibility index (Phi) is 3.59. The molecule has 0 fully saturated rings. The van der Waals surface area contributed by atoms with Crippen molar-refractivity contribution in [2.45, 2.75) is 13.2 Å². The van der Waals surface area contributed by atoms with Gasteiger partial charge in [-0.15, -0.1) is 11.3 Å². The molecule has 84 valence electrons. The SMILES string of the molecule is CN(Cc1cccs1)c1ccc(CO)cc1. The molecule has 1 N–H and O–H groups in total. The number of hydrogen-bond donors (Lipinski definition) is 1. The van der Waals surface area contributed by atoms with Crippen molar-refractivity contribution in [2.24, 2.45) is 0 Å². The summed E-state index contributed by atoms with van der Waals surface area (Å²) in [5, 5.41) is 11.1. The maximum Gasteiger partial charge on any atom is 0.0681 e. The van der Waals surface area contributed by atoms with Gasteiger partial charge >= 0.3 is 0 Å². The molecule has 2 aromatic rings. The third-order valence-corrected chi connectivity index (χ3v) is 3.39. The highest BCUT2D eigenvalue weighted by atomic mass is 32.1. The third kappa shape index (κ3) is 2.62. The second-order valence-corrected chi connectivity index (χ2v) is 4.79. The van der Waals surface area contributed by atoms with Crippen LogP contribution in [0.25, 0.3) is 0 Å². The second kappa shape index (κ2) is 5.14. The minimum atomic E-state index is 0.106. The summed E-state index contributed by atoms with van der Waals surface area (Å²) in [4.78, 5) is 3.56. The minimum absolute atomic E-state index is 0.106. The van der Waals surface area contributed by atoms with E-state index in [0.717, 1.165) is 12.1 Å². The fourth-order valence-corrected chi connectivity index (χ4v) is 2.34. The molecule has 0 amide bonds. The zero-order valence-electron chi connectivity index (χ0n) is 9.26. The Morgan fingerprint density at radius 3 is 2.50 bits per heavy atom. The van der Waals surface area contributed by atoms with Crippen molar-refractivity contribution in [3.63, 3.8) is 0 Å². The average Bonchev–Trinajstić information content (AvgIpc) is 2.82. The topological polar surface area (TPSA) is 23.5 Å². The first-order valence-electron chi connectivity index (χ1n) is 5.23. The number of aliphatic hydroxyl groups excluding tert-OH is 1. The Labute approximate surface area is 99.8 Å². The molecule has 16 heavy (non-hydrogen) atoms. The molecule has 0 aliphatic carbocycles. The highest BCUT2D eigenvalue weighted by Gasteiger charge is 2.02. The van der Waals surface area contributed by atoms with Crippen LogP contribution in [0.4, 0.5) is 5.69 Å². The van der Waals surface area contributed by atoms with E-state index >= 15 is 0 Å². The summed E-state index contributed by atoms with van der Waals surface area (Å²) >= 11 is 1.77. The quantitative estimate of drug-likeness (QED) is 0.877. The van der Waals surface area contributed by atoms with E-state index in [-0.39, 0.29) is 6.61 Å². The largest absolute Gasteiger partial charge is 0.392 e. The van der Waals surface area contributed by atoms with E-state index in [2.05, 4.69) is 29.5 Å². The predicted molar refractivity (Wildman–Crippen MR) is 68.8 cm³/mol.